The van der Waals surface area contributed by atoms with E-state index in [1.54, 1.807) is 6.20 Å². The fourth-order valence-electron chi connectivity index (χ4n) is 5.44. The van der Waals surface area contributed by atoms with Crippen LogP contribution in [0.4, 0.5) is 30.7 Å². The van der Waals surface area contributed by atoms with Gasteiger partial charge in [0.2, 0.25) is 5.91 Å². The molecule has 0 bridgehead atoms. The van der Waals surface area contributed by atoms with E-state index in [0.717, 1.165) is 55.4 Å². The van der Waals surface area contributed by atoms with Crippen LogP contribution in [-0.4, -0.2) is 82.3 Å². The van der Waals surface area contributed by atoms with Gasteiger partial charge in [0.05, 0.1) is 10.9 Å². The number of pyridine rings is 1. The Balaban J connectivity index is 0.000000360. The molecule has 9 nitrogen and oxygen atoms in total. The number of carboxylic acids is 2. The molecule has 47 heavy (non-hydrogen) atoms. The number of piperidine rings is 1. The van der Waals surface area contributed by atoms with Crippen LogP contribution in [0.15, 0.2) is 60.8 Å². The Hall–Kier alpha value is -4.60. The average molecular weight is 674 g/mol. The number of aromatic nitrogens is 1. The van der Waals surface area contributed by atoms with E-state index in [2.05, 4.69) is 15.2 Å². The lowest BCUT2D eigenvalue weighted by Crippen LogP contribution is -2.46. The number of nitrogens with zero attached hydrogens (tertiary/aromatic N) is 2. The topological polar surface area (TPSA) is 137 Å². The Morgan fingerprint density at radius 2 is 1.47 bits per heavy atom. The highest BCUT2D eigenvalue weighted by Gasteiger charge is 2.51. The van der Waals surface area contributed by atoms with Crippen molar-refractivity contribution in [1.82, 2.24) is 15.2 Å². The molecule has 0 unspecified atom stereocenters. The van der Waals surface area contributed by atoms with Crippen LogP contribution in [0.25, 0.3) is 10.9 Å². The van der Waals surface area contributed by atoms with Gasteiger partial charge in [-0.3, -0.25) is 14.6 Å². The minimum atomic E-state index is -5.08. The number of carboxylic acid groups (broad SMARTS) is 2. The maximum absolute atomic E-state index is 13.4. The Labute approximate surface area is 263 Å². The number of amides is 1. The van der Waals surface area contributed by atoms with Gasteiger partial charge in [0.1, 0.15) is 5.82 Å². The number of aliphatic carboxylic acids is 2. The molecule has 3 N–H and O–H groups in total. The largest absolute Gasteiger partial charge is 0.490 e. The summed E-state index contributed by atoms with van der Waals surface area (Å²) in [4.78, 5) is 50.0. The normalized spacial score (nSPS) is 17.6. The Bertz CT molecular complexity index is 1550. The first-order valence-electron chi connectivity index (χ1n) is 14.2. The van der Waals surface area contributed by atoms with Crippen molar-refractivity contribution >= 4 is 34.5 Å². The van der Waals surface area contributed by atoms with Crippen molar-refractivity contribution in [2.45, 2.75) is 44.0 Å². The highest BCUT2D eigenvalue weighted by atomic mass is 19.4. The van der Waals surface area contributed by atoms with E-state index in [4.69, 9.17) is 19.8 Å². The number of hydrogen-bond acceptors (Lipinski definition) is 6. The molecule has 2 aromatic carbocycles. The summed E-state index contributed by atoms with van der Waals surface area (Å²) >= 11 is 0. The molecule has 16 heteroatoms. The van der Waals surface area contributed by atoms with Crippen LogP contribution in [0.1, 0.15) is 47.5 Å². The van der Waals surface area contributed by atoms with Gasteiger partial charge in [-0.2, -0.15) is 26.3 Å². The zero-order valence-electron chi connectivity index (χ0n) is 24.6. The van der Waals surface area contributed by atoms with Crippen LogP contribution in [0, 0.1) is 11.2 Å². The summed E-state index contributed by atoms with van der Waals surface area (Å²) in [6.07, 6.45) is -5.66. The average Bonchev–Trinajstić information content (AvgIpc) is 3.32. The molecule has 3 heterocycles. The quantitative estimate of drug-likeness (QED) is 0.227. The van der Waals surface area contributed by atoms with E-state index in [0.29, 0.717) is 18.5 Å². The van der Waals surface area contributed by atoms with Gasteiger partial charge in [0.15, 0.2) is 5.78 Å². The summed E-state index contributed by atoms with van der Waals surface area (Å²) < 4.78 is 76.8. The second-order valence-corrected chi connectivity index (χ2v) is 10.9. The number of halogens is 7. The van der Waals surface area contributed by atoms with Crippen LogP contribution in [0.2, 0.25) is 0 Å². The van der Waals surface area contributed by atoms with Gasteiger partial charge in [-0.15, -0.1) is 0 Å². The third kappa shape index (κ3) is 9.94. The molecule has 2 fully saturated rings. The third-order valence-electron chi connectivity index (χ3n) is 7.88. The molecular weight excluding hydrogens is 643 g/mol. The minimum absolute atomic E-state index is 0.0785. The number of carbonyl (C=O) groups is 4. The highest BCUT2D eigenvalue weighted by Crippen LogP contribution is 2.47. The number of Topliss-reactive ketones (excluding diaryl/α,β-unsaturated/α-hetero) is 1. The number of para-hydroxylation sites is 1. The number of nitrogens with one attached hydrogen (secondary N) is 1. The lowest BCUT2D eigenvalue weighted by Gasteiger charge is -2.41. The van der Waals surface area contributed by atoms with Crippen LogP contribution in [-0.2, 0) is 14.4 Å². The number of ketones is 1. The Kier molecular flexibility index (Phi) is 12.0. The second kappa shape index (κ2) is 15.3. The predicted octanol–water partition coefficient (Wildman–Crippen LogP) is 5.60. The maximum atomic E-state index is 13.4. The summed E-state index contributed by atoms with van der Waals surface area (Å²) in [6, 6.07) is 16.3. The molecular formula is C31H30F7N3O6. The summed E-state index contributed by atoms with van der Waals surface area (Å²) in [5.41, 5.74) is 2.17. The maximum Gasteiger partial charge on any atom is 0.490 e. The van der Waals surface area contributed by atoms with E-state index in [9.17, 15) is 40.3 Å². The standard InChI is InChI=1S/C27H28FN3O2.2C2HF3O2/c28-22-9-7-19(8-10-22)23-18-30-26(33)27(23)11-14-31(15-12-27)13-3-6-25(32)21-16-20-4-1-2-5-24(20)29-17-21;2*3-2(4,5)1(6)7/h1-2,4-5,7-10,16-17,23H,3,6,11-15,18H2,(H,30,33);2*(H,6,7)/t23-;;/m1../s1. The van der Waals surface area contributed by atoms with Crippen molar-refractivity contribution in [1.29, 1.82) is 0 Å². The first-order chi connectivity index (χ1) is 21.9. The van der Waals surface area contributed by atoms with Gasteiger partial charge in [0.25, 0.3) is 0 Å². The molecule has 2 saturated heterocycles. The van der Waals surface area contributed by atoms with Crippen molar-refractivity contribution in [3.05, 3.63) is 77.7 Å². The van der Waals surface area contributed by atoms with Gasteiger partial charge in [-0.1, -0.05) is 30.3 Å². The summed E-state index contributed by atoms with van der Waals surface area (Å²) in [7, 11) is 0. The molecule has 1 amide bonds. The van der Waals surface area contributed by atoms with Crippen molar-refractivity contribution in [3.63, 3.8) is 0 Å². The Morgan fingerprint density at radius 1 is 0.915 bits per heavy atom. The predicted molar refractivity (Wildman–Crippen MR) is 153 cm³/mol. The smallest absolute Gasteiger partial charge is 0.475 e. The van der Waals surface area contributed by atoms with E-state index in [-0.39, 0.29) is 23.4 Å². The molecule has 2 aliphatic heterocycles. The molecule has 2 aliphatic rings. The number of hydrogen-bond donors (Lipinski definition) is 3. The zero-order chi connectivity index (χ0) is 35.0. The number of rotatable bonds is 6. The summed E-state index contributed by atoms with van der Waals surface area (Å²) in [5, 5.41) is 18.3. The fourth-order valence-corrected chi connectivity index (χ4v) is 5.44. The van der Waals surface area contributed by atoms with Gasteiger partial charge < -0.3 is 20.4 Å². The summed E-state index contributed by atoms with van der Waals surface area (Å²) in [5.74, 6) is -5.45. The summed E-state index contributed by atoms with van der Waals surface area (Å²) in [6.45, 7) is 3.11. The van der Waals surface area contributed by atoms with E-state index >= 15 is 0 Å². The lowest BCUT2D eigenvalue weighted by atomic mass is 9.68. The van der Waals surface area contributed by atoms with Gasteiger partial charge in [0, 0.05) is 36.0 Å². The first-order valence-corrected chi connectivity index (χ1v) is 14.2. The van der Waals surface area contributed by atoms with Crippen LogP contribution >= 0.6 is 0 Å². The number of carbonyl (C=O) groups excluding carboxylic acids is 2. The third-order valence-corrected chi connectivity index (χ3v) is 7.88. The highest BCUT2D eigenvalue weighted by molar-refractivity contribution is 5.98. The Morgan fingerprint density at radius 3 is 2.02 bits per heavy atom. The number of benzene rings is 2. The molecule has 1 aromatic heterocycles. The molecule has 3 aromatic rings. The van der Waals surface area contributed by atoms with Crippen molar-refractivity contribution in [2.24, 2.45) is 5.41 Å². The van der Waals surface area contributed by atoms with Crippen molar-refractivity contribution < 1.29 is 60.1 Å². The van der Waals surface area contributed by atoms with E-state index < -0.39 is 29.7 Å². The van der Waals surface area contributed by atoms with Crippen LogP contribution < -0.4 is 5.32 Å². The fraction of sp³-hybridized carbons (Fsp3) is 0.387. The number of fused-ring (bicyclic) bond motifs is 1. The SMILES string of the molecule is O=C(CCCN1CCC2(CC1)C(=O)NC[C@@H]2c1ccc(F)cc1)c1cnc2ccccc2c1.O=C(O)C(F)(F)F.O=C(O)C(F)(F)F. The number of alkyl halides is 6. The number of likely N-dealkylation sites (tertiary alicyclic amines) is 1. The van der Waals surface area contributed by atoms with Crippen molar-refractivity contribution in [2.75, 3.05) is 26.2 Å². The molecule has 0 radical (unpaired) electrons. The second-order valence-electron chi connectivity index (χ2n) is 10.9. The van der Waals surface area contributed by atoms with E-state index in [1.165, 1.54) is 12.1 Å². The molecule has 1 spiro atoms. The lowest BCUT2D eigenvalue weighted by molar-refractivity contribution is -0.193. The van der Waals surface area contributed by atoms with Gasteiger partial charge >= 0.3 is 24.3 Å². The minimum Gasteiger partial charge on any atom is -0.475 e. The van der Waals surface area contributed by atoms with Gasteiger partial charge in [-0.25, -0.2) is 14.0 Å². The monoisotopic (exact) mass is 673 g/mol. The van der Waals surface area contributed by atoms with Crippen LogP contribution in [0.5, 0.6) is 0 Å². The molecule has 5 rings (SSSR count). The zero-order valence-corrected chi connectivity index (χ0v) is 24.6. The van der Waals surface area contributed by atoms with Gasteiger partial charge in [-0.05, 0) is 68.7 Å². The molecule has 254 valence electrons. The van der Waals surface area contributed by atoms with E-state index in [1.807, 2.05) is 42.5 Å². The molecule has 0 aliphatic carbocycles. The molecule has 0 saturated carbocycles. The van der Waals surface area contributed by atoms with Crippen LogP contribution in [0.3, 0.4) is 0 Å². The van der Waals surface area contributed by atoms with Crippen molar-refractivity contribution in [3.8, 4) is 0 Å². The molecule has 1 atom stereocenters. The first kappa shape index (κ1) is 36.9.